The quantitative estimate of drug-likeness (QED) is 0.662. The average molecular weight is 346 g/mol. The molecule has 4 heteroatoms. The molecular formula is C21H30O4. The van der Waals surface area contributed by atoms with E-state index in [4.69, 9.17) is 4.74 Å². The van der Waals surface area contributed by atoms with Crippen molar-refractivity contribution in [2.75, 3.05) is 0 Å². The smallest absolute Gasteiger partial charge is 0.331 e. The summed E-state index contributed by atoms with van der Waals surface area (Å²) in [4.78, 5) is 12.2. The molecule has 3 aliphatic carbocycles. The number of rotatable bonds is 0. The molecule has 4 aliphatic rings. The zero-order chi connectivity index (χ0) is 18.4. The molecule has 4 nitrogen and oxygen atoms in total. The van der Waals surface area contributed by atoms with Crippen molar-refractivity contribution in [1.82, 2.24) is 0 Å². The summed E-state index contributed by atoms with van der Waals surface area (Å²) in [6, 6.07) is 0. The van der Waals surface area contributed by atoms with Crippen LogP contribution in [0.5, 0.6) is 0 Å². The van der Waals surface area contributed by atoms with E-state index in [0.29, 0.717) is 6.42 Å². The van der Waals surface area contributed by atoms with E-state index in [9.17, 15) is 15.0 Å². The normalized spacial score (nSPS) is 50.8. The fourth-order valence-corrected chi connectivity index (χ4v) is 7.03. The van der Waals surface area contributed by atoms with Gasteiger partial charge < -0.3 is 14.9 Å². The second-order valence-corrected chi connectivity index (χ2v) is 9.80. The van der Waals surface area contributed by atoms with Crippen LogP contribution in [-0.2, 0) is 9.53 Å². The van der Waals surface area contributed by atoms with Gasteiger partial charge in [-0.25, -0.2) is 4.79 Å². The highest BCUT2D eigenvalue weighted by Gasteiger charge is 2.68. The number of carbonyl (C=O) groups is 1. The van der Waals surface area contributed by atoms with Crippen LogP contribution < -0.4 is 0 Å². The number of aliphatic hydroxyl groups excluding tert-OH is 2. The molecule has 0 spiro atoms. The molecule has 0 aromatic carbocycles. The molecule has 2 saturated carbocycles. The Morgan fingerprint density at radius 3 is 2.52 bits per heavy atom. The molecule has 2 fully saturated rings. The van der Waals surface area contributed by atoms with Gasteiger partial charge in [0, 0.05) is 16.9 Å². The third-order valence-electron chi connectivity index (χ3n) is 8.21. The van der Waals surface area contributed by atoms with Gasteiger partial charge in [0.15, 0.2) is 0 Å². The van der Waals surface area contributed by atoms with E-state index in [1.165, 1.54) is 0 Å². The van der Waals surface area contributed by atoms with E-state index in [-0.39, 0.29) is 34.7 Å². The lowest BCUT2D eigenvalue weighted by Gasteiger charge is -2.68. The van der Waals surface area contributed by atoms with Gasteiger partial charge in [0.2, 0.25) is 0 Å². The van der Waals surface area contributed by atoms with Gasteiger partial charge in [0.05, 0.1) is 12.2 Å². The number of ether oxygens (including phenoxy) is 1. The molecule has 0 amide bonds. The summed E-state index contributed by atoms with van der Waals surface area (Å²) in [5.41, 5.74) is 1.39. The van der Waals surface area contributed by atoms with E-state index >= 15 is 0 Å². The Hall–Kier alpha value is -1.13. The lowest BCUT2D eigenvalue weighted by atomic mass is 9.38. The van der Waals surface area contributed by atoms with Crippen LogP contribution in [0.15, 0.2) is 23.3 Å². The molecule has 7 atom stereocenters. The van der Waals surface area contributed by atoms with E-state index in [0.717, 1.165) is 24.0 Å². The first kappa shape index (κ1) is 17.3. The van der Waals surface area contributed by atoms with Gasteiger partial charge in [0.1, 0.15) is 6.10 Å². The first-order valence-electron chi connectivity index (χ1n) is 9.49. The molecule has 138 valence electrons. The van der Waals surface area contributed by atoms with Crippen molar-refractivity contribution in [3.63, 3.8) is 0 Å². The summed E-state index contributed by atoms with van der Waals surface area (Å²) in [6.45, 7) is 10.8. The van der Waals surface area contributed by atoms with Gasteiger partial charge in [-0.15, -0.1) is 0 Å². The van der Waals surface area contributed by atoms with E-state index < -0.39 is 17.6 Å². The Balaban J connectivity index is 1.93. The Kier molecular flexibility index (Phi) is 3.44. The predicted octanol–water partition coefficient (Wildman–Crippen LogP) is 2.99. The molecule has 0 aromatic rings. The van der Waals surface area contributed by atoms with Gasteiger partial charge in [-0.3, -0.25) is 0 Å². The van der Waals surface area contributed by atoms with Crippen molar-refractivity contribution in [2.45, 2.75) is 72.2 Å². The molecule has 1 aliphatic heterocycles. The molecule has 1 heterocycles. The highest BCUT2D eigenvalue weighted by Crippen LogP contribution is 2.69. The van der Waals surface area contributed by atoms with Crippen LogP contribution in [0.1, 0.15) is 53.9 Å². The maximum atomic E-state index is 12.2. The number of esters is 1. The van der Waals surface area contributed by atoms with Crippen molar-refractivity contribution in [3.8, 4) is 0 Å². The van der Waals surface area contributed by atoms with Crippen LogP contribution >= 0.6 is 0 Å². The zero-order valence-electron chi connectivity index (χ0n) is 15.9. The average Bonchev–Trinajstić information content (AvgIpc) is 2.50. The van der Waals surface area contributed by atoms with Crippen LogP contribution in [0.3, 0.4) is 0 Å². The summed E-state index contributed by atoms with van der Waals surface area (Å²) in [6.07, 6.45) is 4.40. The van der Waals surface area contributed by atoms with Crippen molar-refractivity contribution >= 4 is 5.97 Å². The van der Waals surface area contributed by atoms with E-state index in [2.05, 4.69) is 40.7 Å². The number of allylic oxidation sites excluding steroid dienone is 2. The SMILES string of the molecule is CC1=CCC2[C@]3(C)C1=CC(=O)OC3CC1C(C)(C)C[C@H](O)[C@H](O)[C@@]12C. The summed E-state index contributed by atoms with van der Waals surface area (Å²) >= 11 is 0. The fourth-order valence-electron chi connectivity index (χ4n) is 7.03. The largest absolute Gasteiger partial charge is 0.458 e. The molecule has 25 heavy (non-hydrogen) atoms. The van der Waals surface area contributed by atoms with Crippen molar-refractivity contribution in [1.29, 1.82) is 0 Å². The molecule has 3 unspecified atom stereocenters. The Morgan fingerprint density at radius 2 is 1.84 bits per heavy atom. The minimum atomic E-state index is -0.751. The van der Waals surface area contributed by atoms with E-state index in [1.54, 1.807) is 6.08 Å². The van der Waals surface area contributed by atoms with Crippen LogP contribution in [0.4, 0.5) is 0 Å². The molecule has 0 saturated heterocycles. The molecular weight excluding hydrogens is 316 g/mol. The molecule has 0 radical (unpaired) electrons. The standard InChI is InChI=1S/C21H30O4/c1-11-6-7-14-20(4)12(11)8-17(23)25-16(20)9-15-19(2,3)10-13(22)18(24)21(14,15)5/h6,8,13-16,18,22,24H,7,9-10H2,1-5H3/t13-,14?,15?,16?,18-,20-,21+/m0/s1. The van der Waals surface area contributed by atoms with Crippen molar-refractivity contribution in [3.05, 3.63) is 23.3 Å². The number of carbonyl (C=O) groups excluding carboxylic acids is 1. The zero-order valence-corrected chi connectivity index (χ0v) is 15.9. The van der Waals surface area contributed by atoms with Crippen LogP contribution in [0.25, 0.3) is 0 Å². The lowest BCUT2D eigenvalue weighted by molar-refractivity contribution is -0.248. The minimum Gasteiger partial charge on any atom is -0.458 e. The maximum absolute atomic E-state index is 12.2. The fraction of sp³-hybridized carbons (Fsp3) is 0.762. The summed E-state index contributed by atoms with van der Waals surface area (Å²) in [5, 5.41) is 21.7. The monoisotopic (exact) mass is 346 g/mol. The number of hydrogen-bond donors (Lipinski definition) is 2. The first-order valence-corrected chi connectivity index (χ1v) is 9.49. The Labute approximate surface area is 149 Å². The second kappa shape index (κ2) is 4.98. The Bertz CT molecular complexity index is 690. The van der Waals surface area contributed by atoms with Crippen molar-refractivity contribution in [2.24, 2.45) is 28.1 Å². The van der Waals surface area contributed by atoms with Crippen molar-refractivity contribution < 1.29 is 19.7 Å². The van der Waals surface area contributed by atoms with Gasteiger partial charge in [-0.2, -0.15) is 0 Å². The Morgan fingerprint density at radius 1 is 1.16 bits per heavy atom. The van der Waals surface area contributed by atoms with Gasteiger partial charge in [-0.05, 0) is 49.0 Å². The molecule has 2 N–H and O–H groups in total. The molecule has 0 aromatic heterocycles. The van der Waals surface area contributed by atoms with Gasteiger partial charge >= 0.3 is 5.97 Å². The van der Waals surface area contributed by atoms with E-state index in [1.807, 2.05) is 0 Å². The summed E-state index contributed by atoms with van der Waals surface area (Å²) in [7, 11) is 0. The van der Waals surface area contributed by atoms with Crippen LogP contribution in [0.2, 0.25) is 0 Å². The number of hydrogen-bond acceptors (Lipinski definition) is 4. The third kappa shape index (κ3) is 1.98. The lowest BCUT2D eigenvalue weighted by Crippen LogP contribution is -2.69. The van der Waals surface area contributed by atoms with Gasteiger partial charge in [-0.1, -0.05) is 39.3 Å². The highest BCUT2D eigenvalue weighted by molar-refractivity contribution is 5.86. The maximum Gasteiger partial charge on any atom is 0.331 e. The van der Waals surface area contributed by atoms with Gasteiger partial charge in [0.25, 0.3) is 0 Å². The predicted molar refractivity (Wildman–Crippen MR) is 94.6 cm³/mol. The first-order chi connectivity index (χ1) is 11.5. The molecule has 4 rings (SSSR count). The van der Waals surface area contributed by atoms with Crippen LogP contribution in [-0.4, -0.2) is 34.5 Å². The second-order valence-electron chi connectivity index (χ2n) is 9.80. The number of fused-ring (bicyclic) bond motifs is 2. The number of aliphatic hydroxyl groups is 2. The minimum absolute atomic E-state index is 0.112. The topological polar surface area (TPSA) is 66.8 Å². The summed E-state index contributed by atoms with van der Waals surface area (Å²) in [5.74, 6) is 0.0835. The van der Waals surface area contributed by atoms with Crippen LogP contribution in [0, 0.1) is 28.1 Å². The molecule has 0 bridgehead atoms. The third-order valence-corrected chi connectivity index (χ3v) is 8.21. The summed E-state index contributed by atoms with van der Waals surface area (Å²) < 4.78 is 5.84. The highest BCUT2D eigenvalue weighted by atomic mass is 16.5.